The van der Waals surface area contributed by atoms with Crippen LogP contribution in [0.25, 0.3) is 0 Å². The van der Waals surface area contributed by atoms with Crippen LogP contribution in [0.5, 0.6) is 11.5 Å². The number of carbonyl (C=O) groups is 2. The third-order valence-electron chi connectivity index (χ3n) is 3.76. The number of benzene rings is 1. The largest absolute Gasteiger partial charge is 0.493 e. The van der Waals surface area contributed by atoms with Crippen LogP contribution in [-0.4, -0.2) is 76.7 Å². The SMILES string of the molecule is COC(=O)CCN(CCCN(C)C)C(=O)c1ccc(OC)c(OC)c1. The van der Waals surface area contributed by atoms with Crippen molar-refractivity contribution in [3.05, 3.63) is 23.8 Å². The van der Waals surface area contributed by atoms with Crippen molar-refractivity contribution in [3.8, 4) is 11.5 Å². The Morgan fingerprint density at radius 1 is 0.960 bits per heavy atom. The minimum atomic E-state index is -0.335. The van der Waals surface area contributed by atoms with Crippen molar-refractivity contribution < 1.29 is 23.8 Å². The second kappa shape index (κ2) is 10.6. The van der Waals surface area contributed by atoms with Gasteiger partial charge in [-0.1, -0.05) is 0 Å². The number of carbonyl (C=O) groups excluding carboxylic acids is 2. The number of esters is 1. The Hall–Kier alpha value is -2.28. The minimum Gasteiger partial charge on any atom is -0.493 e. The molecule has 0 aromatic heterocycles. The molecule has 0 spiro atoms. The second-order valence-electron chi connectivity index (χ2n) is 5.84. The Morgan fingerprint density at radius 2 is 1.64 bits per heavy atom. The average Bonchev–Trinajstić information content (AvgIpc) is 2.62. The molecule has 25 heavy (non-hydrogen) atoms. The molecule has 1 aromatic carbocycles. The van der Waals surface area contributed by atoms with Gasteiger partial charge in [-0.15, -0.1) is 0 Å². The van der Waals surface area contributed by atoms with Crippen LogP contribution < -0.4 is 9.47 Å². The Balaban J connectivity index is 2.90. The van der Waals surface area contributed by atoms with E-state index < -0.39 is 0 Å². The molecule has 0 heterocycles. The number of hydrogen-bond donors (Lipinski definition) is 0. The molecule has 0 bridgehead atoms. The third-order valence-corrected chi connectivity index (χ3v) is 3.76. The van der Waals surface area contributed by atoms with Gasteiger partial charge in [0, 0.05) is 18.7 Å². The lowest BCUT2D eigenvalue weighted by molar-refractivity contribution is -0.140. The molecule has 7 nitrogen and oxygen atoms in total. The van der Waals surface area contributed by atoms with E-state index in [1.807, 2.05) is 14.1 Å². The molecule has 1 amide bonds. The van der Waals surface area contributed by atoms with E-state index in [9.17, 15) is 9.59 Å². The third kappa shape index (κ3) is 6.62. The number of nitrogens with zero attached hydrogens (tertiary/aromatic N) is 2. The zero-order valence-electron chi connectivity index (χ0n) is 15.7. The highest BCUT2D eigenvalue weighted by molar-refractivity contribution is 5.95. The standard InChI is InChI=1S/C18H28N2O5/c1-19(2)10-6-11-20(12-9-17(21)25-5)18(22)14-7-8-15(23-3)16(13-14)24-4/h7-8,13H,6,9-12H2,1-5H3. The highest BCUT2D eigenvalue weighted by Gasteiger charge is 2.19. The Kier molecular flexibility index (Phi) is 8.77. The van der Waals surface area contributed by atoms with Crippen LogP contribution in [0, 0.1) is 0 Å². The second-order valence-corrected chi connectivity index (χ2v) is 5.84. The van der Waals surface area contributed by atoms with Gasteiger partial charge in [0.15, 0.2) is 11.5 Å². The quantitative estimate of drug-likeness (QED) is 0.597. The van der Waals surface area contributed by atoms with Crippen LogP contribution in [0.3, 0.4) is 0 Å². The first-order chi connectivity index (χ1) is 11.9. The first kappa shape index (κ1) is 20.8. The maximum absolute atomic E-state index is 12.9. The molecular formula is C18H28N2O5. The predicted molar refractivity (Wildman–Crippen MR) is 95.3 cm³/mol. The molecule has 0 atom stereocenters. The normalized spacial score (nSPS) is 10.5. The predicted octanol–water partition coefficient (Wildman–Crippen LogP) is 1.66. The van der Waals surface area contributed by atoms with E-state index in [0.29, 0.717) is 30.2 Å². The topological polar surface area (TPSA) is 68.3 Å². The van der Waals surface area contributed by atoms with Gasteiger partial charge in [-0.25, -0.2) is 0 Å². The molecule has 1 rings (SSSR count). The van der Waals surface area contributed by atoms with E-state index in [4.69, 9.17) is 9.47 Å². The molecule has 0 N–H and O–H groups in total. The molecule has 0 saturated carbocycles. The van der Waals surface area contributed by atoms with Crippen molar-refractivity contribution in [3.63, 3.8) is 0 Å². The number of methoxy groups -OCH3 is 3. The zero-order chi connectivity index (χ0) is 18.8. The number of amides is 1. The number of ether oxygens (including phenoxy) is 3. The van der Waals surface area contributed by atoms with E-state index in [0.717, 1.165) is 13.0 Å². The fraction of sp³-hybridized carbons (Fsp3) is 0.556. The first-order valence-corrected chi connectivity index (χ1v) is 8.15. The monoisotopic (exact) mass is 352 g/mol. The molecule has 0 aliphatic carbocycles. The summed E-state index contributed by atoms with van der Waals surface area (Å²) in [6.45, 7) is 1.73. The minimum absolute atomic E-state index is 0.149. The van der Waals surface area contributed by atoms with Gasteiger partial charge in [-0.05, 0) is 45.3 Å². The van der Waals surface area contributed by atoms with E-state index in [2.05, 4.69) is 9.64 Å². The van der Waals surface area contributed by atoms with Crippen molar-refractivity contribution in [2.75, 3.05) is 55.1 Å². The summed E-state index contributed by atoms with van der Waals surface area (Å²) in [5.41, 5.74) is 0.493. The van der Waals surface area contributed by atoms with Crippen LogP contribution in [0.15, 0.2) is 18.2 Å². The Bertz CT molecular complexity index is 575. The van der Waals surface area contributed by atoms with Gasteiger partial charge in [0.2, 0.25) is 0 Å². The highest BCUT2D eigenvalue weighted by atomic mass is 16.5. The highest BCUT2D eigenvalue weighted by Crippen LogP contribution is 2.28. The van der Waals surface area contributed by atoms with Crippen LogP contribution in [0.1, 0.15) is 23.2 Å². The summed E-state index contributed by atoms with van der Waals surface area (Å²) in [5, 5.41) is 0. The first-order valence-electron chi connectivity index (χ1n) is 8.15. The summed E-state index contributed by atoms with van der Waals surface area (Å²) in [7, 11) is 8.38. The van der Waals surface area contributed by atoms with Gasteiger partial charge >= 0.3 is 5.97 Å². The Labute approximate surface area is 149 Å². The molecule has 0 saturated heterocycles. The van der Waals surface area contributed by atoms with E-state index in [1.165, 1.54) is 14.2 Å². The molecule has 0 radical (unpaired) electrons. The number of rotatable bonds is 10. The van der Waals surface area contributed by atoms with Crippen LogP contribution in [-0.2, 0) is 9.53 Å². The molecule has 0 fully saturated rings. The van der Waals surface area contributed by atoms with Crippen LogP contribution in [0.4, 0.5) is 0 Å². The lowest BCUT2D eigenvalue weighted by Gasteiger charge is -2.23. The smallest absolute Gasteiger partial charge is 0.307 e. The fourth-order valence-electron chi connectivity index (χ4n) is 2.37. The fourth-order valence-corrected chi connectivity index (χ4v) is 2.37. The van der Waals surface area contributed by atoms with Crippen molar-refractivity contribution in [2.45, 2.75) is 12.8 Å². The van der Waals surface area contributed by atoms with E-state index in [1.54, 1.807) is 30.2 Å². The summed E-state index contributed by atoms with van der Waals surface area (Å²) in [4.78, 5) is 28.0. The van der Waals surface area contributed by atoms with Gasteiger partial charge in [-0.3, -0.25) is 9.59 Å². The summed E-state index contributed by atoms with van der Waals surface area (Å²) in [6, 6.07) is 5.05. The van der Waals surface area contributed by atoms with Gasteiger partial charge in [0.1, 0.15) is 0 Å². The van der Waals surface area contributed by atoms with Crippen molar-refractivity contribution >= 4 is 11.9 Å². The average molecular weight is 352 g/mol. The molecule has 140 valence electrons. The molecular weight excluding hydrogens is 324 g/mol. The maximum Gasteiger partial charge on any atom is 0.307 e. The Morgan fingerprint density at radius 3 is 2.20 bits per heavy atom. The summed E-state index contributed by atoms with van der Waals surface area (Å²) >= 11 is 0. The summed E-state index contributed by atoms with van der Waals surface area (Å²) in [5.74, 6) is 0.573. The molecule has 0 unspecified atom stereocenters. The van der Waals surface area contributed by atoms with Crippen molar-refractivity contribution in [1.29, 1.82) is 0 Å². The molecule has 1 aromatic rings. The van der Waals surface area contributed by atoms with Crippen LogP contribution >= 0.6 is 0 Å². The van der Waals surface area contributed by atoms with Crippen LogP contribution in [0.2, 0.25) is 0 Å². The lowest BCUT2D eigenvalue weighted by atomic mass is 10.1. The molecule has 0 aliphatic rings. The van der Waals surface area contributed by atoms with Gasteiger partial charge in [0.25, 0.3) is 5.91 Å². The van der Waals surface area contributed by atoms with Crippen molar-refractivity contribution in [2.24, 2.45) is 0 Å². The van der Waals surface area contributed by atoms with E-state index in [-0.39, 0.29) is 18.3 Å². The summed E-state index contributed by atoms with van der Waals surface area (Å²) in [6.07, 6.45) is 0.977. The van der Waals surface area contributed by atoms with Gasteiger partial charge in [0.05, 0.1) is 27.8 Å². The maximum atomic E-state index is 12.9. The molecule has 7 heteroatoms. The number of hydrogen-bond acceptors (Lipinski definition) is 6. The van der Waals surface area contributed by atoms with Crippen molar-refractivity contribution in [1.82, 2.24) is 9.80 Å². The summed E-state index contributed by atoms with van der Waals surface area (Å²) < 4.78 is 15.1. The van der Waals surface area contributed by atoms with Gasteiger partial charge in [-0.2, -0.15) is 0 Å². The van der Waals surface area contributed by atoms with E-state index >= 15 is 0 Å². The zero-order valence-corrected chi connectivity index (χ0v) is 15.7. The lowest BCUT2D eigenvalue weighted by Crippen LogP contribution is -2.35. The van der Waals surface area contributed by atoms with Gasteiger partial charge < -0.3 is 24.0 Å². The molecule has 0 aliphatic heterocycles.